The highest BCUT2D eigenvalue weighted by molar-refractivity contribution is 7.98. The summed E-state index contributed by atoms with van der Waals surface area (Å²) in [5.41, 5.74) is 9.15. The number of nitrogen functional groups attached to an aromatic ring is 1. The van der Waals surface area contributed by atoms with Crippen molar-refractivity contribution in [2.75, 3.05) is 12.3 Å². The maximum Gasteiger partial charge on any atom is 0.123 e. The lowest BCUT2D eigenvalue weighted by Crippen LogP contribution is -1.96. The summed E-state index contributed by atoms with van der Waals surface area (Å²) >= 11 is 1.79. The molecule has 0 bridgehead atoms. The minimum absolute atomic E-state index is 0.693. The molecule has 19 heavy (non-hydrogen) atoms. The molecule has 2 aromatic carbocycles. The molecule has 0 amide bonds. The fraction of sp³-hybridized carbons (Fsp3) is 0.250. The van der Waals surface area contributed by atoms with Gasteiger partial charge in [0, 0.05) is 21.9 Å². The molecule has 0 spiro atoms. The molecule has 0 atom stereocenters. The zero-order valence-electron chi connectivity index (χ0n) is 11.3. The minimum atomic E-state index is 0.693. The van der Waals surface area contributed by atoms with E-state index in [1.165, 1.54) is 10.5 Å². The predicted octanol–water partition coefficient (Wildman–Crippen LogP) is 4.27. The first-order valence-electron chi connectivity index (χ1n) is 6.41. The maximum atomic E-state index is 5.93. The van der Waals surface area contributed by atoms with Crippen molar-refractivity contribution < 1.29 is 4.74 Å². The third-order valence-electron chi connectivity index (χ3n) is 2.98. The molecule has 2 aromatic rings. The smallest absolute Gasteiger partial charge is 0.123 e. The Morgan fingerprint density at radius 1 is 1.11 bits per heavy atom. The number of hydrogen-bond donors (Lipinski definition) is 1. The van der Waals surface area contributed by atoms with Crippen LogP contribution in [-0.2, 0) is 5.75 Å². The van der Waals surface area contributed by atoms with Crippen molar-refractivity contribution in [3.63, 3.8) is 0 Å². The fourth-order valence-corrected chi connectivity index (χ4v) is 2.92. The Balaban J connectivity index is 2.12. The predicted molar refractivity (Wildman–Crippen MR) is 82.8 cm³/mol. The number of rotatable bonds is 5. The van der Waals surface area contributed by atoms with E-state index in [-0.39, 0.29) is 0 Å². The van der Waals surface area contributed by atoms with Crippen molar-refractivity contribution in [2.24, 2.45) is 0 Å². The molecular weight excluding hydrogens is 254 g/mol. The van der Waals surface area contributed by atoms with Crippen LogP contribution >= 0.6 is 11.8 Å². The molecule has 0 fully saturated rings. The van der Waals surface area contributed by atoms with E-state index in [9.17, 15) is 0 Å². The Kier molecular flexibility index (Phi) is 4.74. The van der Waals surface area contributed by atoms with Crippen molar-refractivity contribution in [2.45, 2.75) is 24.5 Å². The summed E-state index contributed by atoms with van der Waals surface area (Å²) in [4.78, 5) is 1.23. The standard InChI is InChI=1S/C16H19NOS/c1-3-18-15-9-5-4-7-13(15)11-19-16-10-6-8-14(17)12(16)2/h4-10H,3,11,17H2,1-2H3. The zero-order valence-corrected chi connectivity index (χ0v) is 12.2. The number of thioether (sulfide) groups is 1. The summed E-state index contributed by atoms with van der Waals surface area (Å²) in [7, 11) is 0. The maximum absolute atomic E-state index is 5.93. The van der Waals surface area contributed by atoms with Gasteiger partial charge < -0.3 is 10.5 Å². The van der Waals surface area contributed by atoms with Crippen LogP contribution in [0.15, 0.2) is 47.4 Å². The van der Waals surface area contributed by atoms with Crippen LogP contribution in [-0.4, -0.2) is 6.61 Å². The van der Waals surface area contributed by atoms with Crippen molar-refractivity contribution in [1.29, 1.82) is 0 Å². The van der Waals surface area contributed by atoms with Gasteiger partial charge >= 0.3 is 0 Å². The molecule has 0 heterocycles. The second kappa shape index (κ2) is 6.53. The summed E-state index contributed by atoms with van der Waals surface area (Å²) in [6.07, 6.45) is 0. The van der Waals surface area contributed by atoms with E-state index < -0.39 is 0 Å². The topological polar surface area (TPSA) is 35.2 Å². The van der Waals surface area contributed by atoms with Crippen molar-refractivity contribution in [3.05, 3.63) is 53.6 Å². The molecule has 0 radical (unpaired) electrons. The molecule has 0 aromatic heterocycles. The van der Waals surface area contributed by atoms with Crippen molar-refractivity contribution >= 4 is 17.4 Å². The molecule has 0 saturated heterocycles. The Morgan fingerprint density at radius 2 is 1.89 bits per heavy atom. The summed E-state index contributed by atoms with van der Waals surface area (Å²) in [5, 5.41) is 0. The molecule has 2 rings (SSSR count). The highest BCUT2D eigenvalue weighted by atomic mass is 32.2. The van der Waals surface area contributed by atoms with Gasteiger partial charge in [0.25, 0.3) is 0 Å². The lowest BCUT2D eigenvalue weighted by atomic mass is 10.2. The van der Waals surface area contributed by atoms with Gasteiger partial charge in [-0.15, -0.1) is 11.8 Å². The van der Waals surface area contributed by atoms with Crippen LogP contribution in [0.2, 0.25) is 0 Å². The van der Waals surface area contributed by atoms with Crippen molar-refractivity contribution in [1.82, 2.24) is 0 Å². The van der Waals surface area contributed by atoms with E-state index in [2.05, 4.69) is 19.1 Å². The Bertz CT molecular complexity index is 554. The largest absolute Gasteiger partial charge is 0.494 e. The van der Waals surface area contributed by atoms with Crippen LogP contribution in [0.4, 0.5) is 5.69 Å². The van der Waals surface area contributed by atoms with Gasteiger partial charge in [-0.2, -0.15) is 0 Å². The highest BCUT2D eigenvalue weighted by Gasteiger charge is 2.06. The van der Waals surface area contributed by atoms with E-state index in [0.717, 1.165) is 22.8 Å². The van der Waals surface area contributed by atoms with Crippen LogP contribution in [0.5, 0.6) is 5.75 Å². The second-order valence-corrected chi connectivity index (χ2v) is 5.32. The Labute approximate surface area is 119 Å². The van der Waals surface area contributed by atoms with Crippen LogP contribution in [0.1, 0.15) is 18.1 Å². The van der Waals surface area contributed by atoms with Gasteiger partial charge in [-0.25, -0.2) is 0 Å². The van der Waals surface area contributed by atoms with E-state index in [1.807, 2.05) is 37.3 Å². The van der Waals surface area contributed by atoms with Crippen LogP contribution in [0, 0.1) is 6.92 Å². The number of anilines is 1. The lowest BCUT2D eigenvalue weighted by Gasteiger charge is -2.11. The van der Waals surface area contributed by atoms with E-state index in [4.69, 9.17) is 10.5 Å². The zero-order chi connectivity index (χ0) is 13.7. The fourth-order valence-electron chi connectivity index (χ4n) is 1.86. The summed E-state index contributed by atoms with van der Waals surface area (Å²) in [5.74, 6) is 1.86. The number of hydrogen-bond acceptors (Lipinski definition) is 3. The molecule has 0 unspecified atom stereocenters. The second-order valence-electron chi connectivity index (χ2n) is 4.30. The van der Waals surface area contributed by atoms with Crippen LogP contribution in [0.25, 0.3) is 0 Å². The first kappa shape index (κ1) is 13.8. The van der Waals surface area contributed by atoms with Crippen molar-refractivity contribution in [3.8, 4) is 5.75 Å². The molecule has 0 saturated carbocycles. The molecular formula is C16H19NOS. The third kappa shape index (κ3) is 3.44. The number of para-hydroxylation sites is 1. The first-order valence-corrected chi connectivity index (χ1v) is 7.39. The van der Waals surface area contributed by atoms with Gasteiger partial charge in [-0.1, -0.05) is 24.3 Å². The van der Waals surface area contributed by atoms with E-state index >= 15 is 0 Å². The Morgan fingerprint density at radius 3 is 2.68 bits per heavy atom. The van der Waals surface area contributed by atoms with Gasteiger partial charge in [0.2, 0.25) is 0 Å². The summed E-state index contributed by atoms with van der Waals surface area (Å²) < 4.78 is 5.64. The van der Waals surface area contributed by atoms with Crippen LogP contribution in [0.3, 0.4) is 0 Å². The monoisotopic (exact) mass is 273 g/mol. The van der Waals surface area contributed by atoms with Crippen LogP contribution < -0.4 is 10.5 Å². The quantitative estimate of drug-likeness (QED) is 0.652. The molecule has 3 heteroatoms. The van der Waals surface area contributed by atoms with E-state index in [1.54, 1.807) is 11.8 Å². The van der Waals surface area contributed by atoms with E-state index in [0.29, 0.717) is 6.61 Å². The highest BCUT2D eigenvalue weighted by Crippen LogP contribution is 2.31. The third-order valence-corrected chi connectivity index (χ3v) is 4.19. The number of benzene rings is 2. The number of ether oxygens (including phenoxy) is 1. The molecule has 2 nitrogen and oxygen atoms in total. The SMILES string of the molecule is CCOc1ccccc1CSc1cccc(N)c1C. The lowest BCUT2D eigenvalue weighted by molar-refractivity contribution is 0.337. The van der Waals surface area contributed by atoms with Gasteiger partial charge in [0.1, 0.15) is 5.75 Å². The molecule has 0 aliphatic heterocycles. The molecule has 100 valence electrons. The molecule has 0 aliphatic rings. The average Bonchev–Trinajstić information content (AvgIpc) is 2.42. The van der Waals surface area contributed by atoms with Gasteiger partial charge in [0.05, 0.1) is 6.61 Å². The summed E-state index contributed by atoms with van der Waals surface area (Å²) in [6, 6.07) is 14.2. The number of nitrogens with two attached hydrogens (primary N) is 1. The van der Waals surface area contributed by atoms with Gasteiger partial charge in [-0.3, -0.25) is 0 Å². The minimum Gasteiger partial charge on any atom is -0.494 e. The molecule has 0 aliphatic carbocycles. The van der Waals surface area contributed by atoms with Gasteiger partial charge in [0.15, 0.2) is 0 Å². The molecule has 2 N–H and O–H groups in total. The first-order chi connectivity index (χ1) is 9.22. The average molecular weight is 273 g/mol. The Hall–Kier alpha value is -1.61. The summed E-state index contributed by atoms with van der Waals surface area (Å²) in [6.45, 7) is 4.76. The normalized spacial score (nSPS) is 10.4. The van der Waals surface area contributed by atoms with Gasteiger partial charge in [-0.05, 0) is 37.6 Å².